The van der Waals surface area contributed by atoms with Gasteiger partial charge in [-0.2, -0.15) is 0 Å². The summed E-state index contributed by atoms with van der Waals surface area (Å²) >= 11 is 0. The van der Waals surface area contributed by atoms with E-state index in [4.69, 9.17) is 0 Å². The van der Waals surface area contributed by atoms with E-state index in [1.54, 1.807) is 0 Å². The van der Waals surface area contributed by atoms with E-state index >= 15 is 0 Å². The zero-order valence-electron chi connectivity index (χ0n) is 19.9. The van der Waals surface area contributed by atoms with Crippen molar-refractivity contribution in [1.82, 2.24) is 0 Å². The topological polar surface area (TPSA) is 36.4 Å². The molecule has 2 nitrogen and oxygen atoms in total. The molecule has 0 radical (unpaired) electrons. The molecular weight excluding hydrogens is 360 g/mol. The highest BCUT2D eigenvalue weighted by Gasteiger charge is 2.43. The van der Waals surface area contributed by atoms with Crippen LogP contribution in [0.4, 0.5) is 0 Å². The Hall–Kier alpha value is -1.07. The molecule has 0 amide bonds. The van der Waals surface area contributed by atoms with Crippen molar-refractivity contribution in [2.75, 3.05) is 0 Å². The second-order valence-corrected chi connectivity index (χ2v) is 20.9. The van der Waals surface area contributed by atoms with Crippen molar-refractivity contribution in [3.8, 4) is 22.9 Å². The highest BCUT2D eigenvalue weighted by Crippen LogP contribution is 2.41. The molecular formula is C23H42N2Si2. The van der Waals surface area contributed by atoms with Crippen LogP contribution >= 0.6 is 0 Å². The monoisotopic (exact) mass is 402 g/mol. The van der Waals surface area contributed by atoms with Crippen molar-refractivity contribution in [2.24, 2.45) is 0 Å². The van der Waals surface area contributed by atoms with Gasteiger partial charge in [-0.1, -0.05) is 83.1 Å². The van der Waals surface area contributed by atoms with Gasteiger partial charge in [-0.15, -0.1) is 15.9 Å². The second-order valence-electron chi connectivity index (χ2n) is 9.74. The molecule has 0 atom stereocenters. The molecule has 0 saturated heterocycles. The molecule has 0 spiro atoms. The number of rotatable bonds is 6. The van der Waals surface area contributed by atoms with Crippen LogP contribution in [0.2, 0.25) is 33.2 Å². The maximum atomic E-state index is 9.57. The summed E-state index contributed by atoms with van der Waals surface area (Å²) in [6, 6.07) is 0. The van der Waals surface area contributed by atoms with Gasteiger partial charge in [0.2, 0.25) is 0 Å². The number of hydrogen-bond acceptors (Lipinski definition) is 0. The lowest BCUT2D eigenvalue weighted by Gasteiger charge is -2.38. The van der Waals surface area contributed by atoms with E-state index < -0.39 is 16.1 Å². The minimum Gasteiger partial charge on any atom is -0.359 e. The molecule has 0 saturated carbocycles. The third-order valence-corrected chi connectivity index (χ3v) is 19.2. The van der Waals surface area contributed by atoms with Gasteiger partial charge in [0.25, 0.3) is 0 Å². The quantitative estimate of drug-likeness (QED) is 0.149. The largest absolute Gasteiger partial charge is 0.415 e. The van der Waals surface area contributed by atoms with E-state index in [1.807, 2.05) is 0 Å². The summed E-state index contributed by atoms with van der Waals surface area (Å²) in [6.45, 7) is 27.5. The lowest BCUT2D eigenvalue weighted by Crippen LogP contribution is -2.43. The summed E-state index contributed by atoms with van der Waals surface area (Å²) in [7, 11) is -3.71. The molecule has 0 aromatic carbocycles. The van der Waals surface area contributed by atoms with Crippen LogP contribution < -0.4 is 0 Å². The Morgan fingerprint density at radius 2 is 0.778 bits per heavy atom. The van der Waals surface area contributed by atoms with Gasteiger partial charge in [0, 0.05) is 11.8 Å². The van der Waals surface area contributed by atoms with Gasteiger partial charge in [-0.05, 0) is 33.2 Å². The summed E-state index contributed by atoms with van der Waals surface area (Å²) in [4.78, 5) is 3.46. The van der Waals surface area contributed by atoms with E-state index in [0.29, 0.717) is 39.0 Å². The highest BCUT2D eigenvalue weighted by molar-refractivity contribution is 6.91. The maximum Gasteiger partial charge on any atom is 0.415 e. The van der Waals surface area contributed by atoms with Gasteiger partial charge in [0.15, 0.2) is 0 Å². The van der Waals surface area contributed by atoms with Crippen molar-refractivity contribution < 1.29 is 4.79 Å². The van der Waals surface area contributed by atoms with Crippen LogP contribution in [0.1, 0.15) is 83.1 Å². The summed E-state index contributed by atoms with van der Waals surface area (Å²) in [5, 5.41) is 0. The Morgan fingerprint density at radius 3 is 0.926 bits per heavy atom. The zero-order chi connectivity index (χ0) is 21.6. The number of hydrogen-bond donors (Lipinski definition) is 0. The SMILES string of the molecule is CC(C)[Si](C#CC(C#C[Si](C(C)C)(C(C)C)C(C)C)=[N+]=[N-])(C(C)C)C(C)C. The molecule has 0 unspecified atom stereocenters. The normalized spacial score (nSPS) is 12.4. The lowest BCUT2D eigenvalue weighted by atomic mass is 10.4. The first-order valence-electron chi connectivity index (χ1n) is 10.6. The van der Waals surface area contributed by atoms with Gasteiger partial charge in [-0.3, -0.25) is 0 Å². The van der Waals surface area contributed by atoms with Crippen LogP contribution in [0.25, 0.3) is 5.53 Å². The van der Waals surface area contributed by atoms with Crippen LogP contribution in [0, 0.1) is 22.9 Å². The fourth-order valence-electron chi connectivity index (χ4n) is 5.28. The molecule has 0 fully saturated rings. The predicted molar refractivity (Wildman–Crippen MR) is 126 cm³/mol. The van der Waals surface area contributed by atoms with Crippen LogP contribution in [-0.4, -0.2) is 26.6 Å². The van der Waals surface area contributed by atoms with E-state index in [0.717, 1.165) is 0 Å². The minimum absolute atomic E-state index is 0.340. The Bertz CT molecular complexity index is 562. The van der Waals surface area contributed by atoms with E-state index in [9.17, 15) is 5.53 Å². The Kier molecular flexibility index (Phi) is 10.1. The van der Waals surface area contributed by atoms with Gasteiger partial charge >= 0.3 is 5.71 Å². The summed E-state index contributed by atoms with van der Waals surface area (Å²) < 4.78 is 0. The molecule has 0 heterocycles. The second kappa shape index (κ2) is 10.5. The zero-order valence-corrected chi connectivity index (χ0v) is 21.9. The van der Waals surface area contributed by atoms with E-state index in [2.05, 4.69) is 111 Å². The van der Waals surface area contributed by atoms with Crippen LogP contribution in [-0.2, 0) is 0 Å². The third-order valence-electron chi connectivity index (χ3n) is 6.63. The first-order valence-corrected chi connectivity index (χ1v) is 15.0. The first-order chi connectivity index (χ1) is 12.3. The van der Waals surface area contributed by atoms with Gasteiger partial charge in [0.05, 0.1) is 0 Å². The molecule has 0 aromatic heterocycles. The summed E-state index contributed by atoms with van der Waals surface area (Å²) in [5.74, 6) is 6.41. The predicted octanol–water partition coefficient (Wildman–Crippen LogP) is 7.10. The fraction of sp³-hybridized carbons (Fsp3) is 0.783. The average Bonchev–Trinajstić information content (AvgIpc) is 2.51. The lowest BCUT2D eigenvalue weighted by molar-refractivity contribution is 0.000119. The van der Waals surface area contributed by atoms with Crippen molar-refractivity contribution >= 4 is 21.9 Å². The molecule has 0 N–H and O–H groups in total. The highest BCUT2D eigenvalue weighted by atomic mass is 28.3. The average molecular weight is 403 g/mol. The molecule has 0 rings (SSSR count). The molecule has 0 aliphatic rings. The van der Waals surface area contributed by atoms with E-state index in [-0.39, 0.29) is 0 Å². The molecule has 0 aliphatic carbocycles. The van der Waals surface area contributed by atoms with Gasteiger partial charge in [-0.25, -0.2) is 0 Å². The first kappa shape index (κ1) is 25.9. The summed E-state index contributed by atoms with van der Waals surface area (Å²) in [6.07, 6.45) is 0. The molecule has 0 bridgehead atoms. The molecule has 0 aliphatic heterocycles. The maximum absolute atomic E-state index is 9.57. The van der Waals surface area contributed by atoms with Crippen molar-refractivity contribution in [3.05, 3.63) is 5.53 Å². The Labute approximate surface area is 171 Å². The standard InChI is InChI=1S/C23H42N2Si2/c1-17(2)26(18(3)4,19(5)6)15-13-23(25-24)14-16-27(20(7)8,21(9)10)22(11)12/h17-22H,1-12H3. The van der Waals surface area contributed by atoms with Crippen molar-refractivity contribution in [3.63, 3.8) is 0 Å². The Balaban J connectivity index is 6.28. The fourth-order valence-corrected chi connectivity index (χ4v) is 15.7. The van der Waals surface area contributed by atoms with Crippen molar-refractivity contribution in [2.45, 2.75) is 116 Å². The number of nitrogens with zero attached hydrogens (tertiary/aromatic N) is 2. The molecule has 27 heavy (non-hydrogen) atoms. The summed E-state index contributed by atoms with van der Waals surface area (Å²) in [5.41, 5.74) is 20.4. The molecule has 152 valence electrons. The van der Waals surface area contributed by atoms with E-state index in [1.165, 1.54) is 0 Å². The molecule has 4 heteroatoms. The third kappa shape index (κ3) is 5.48. The Morgan fingerprint density at radius 1 is 0.556 bits per heavy atom. The van der Waals surface area contributed by atoms with Gasteiger partial charge < -0.3 is 5.53 Å². The van der Waals surface area contributed by atoms with Gasteiger partial charge in [0.1, 0.15) is 16.1 Å². The van der Waals surface area contributed by atoms with Crippen LogP contribution in [0.3, 0.4) is 0 Å². The molecule has 0 aromatic rings. The van der Waals surface area contributed by atoms with Crippen LogP contribution in [0.15, 0.2) is 0 Å². The van der Waals surface area contributed by atoms with Crippen LogP contribution in [0.5, 0.6) is 0 Å². The van der Waals surface area contributed by atoms with Crippen molar-refractivity contribution in [1.29, 1.82) is 0 Å². The smallest absolute Gasteiger partial charge is 0.359 e. The minimum atomic E-state index is -1.86.